The summed E-state index contributed by atoms with van der Waals surface area (Å²) in [5.41, 5.74) is 1.96. The van der Waals surface area contributed by atoms with Crippen molar-refractivity contribution in [3.05, 3.63) is 97.5 Å². The maximum atomic E-state index is 12.4. The van der Waals surface area contributed by atoms with Crippen LogP contribution in [0.15, 0.2) is 60.7 Å². The number of carbonyl (C=O) groups excluding carboxylic acids is 1. The molecule has 0 unspecified atom stereocenters. The molecule has 0 fully saturated rings. The molecule has 0 radical (unpaired) electrons. The number of halogens is 4. The molecule has 0 aliphatic carbocycles. The van der Waals surface area contributed by atoms with Crippen molar-refractivity contribution in [1.29, 1.82) is 0 Å². The normalized spacial score (nSPS) is 11.0. The van der Waals surface area contributed by atoms with Crippen molar-refractivity contribution in [3.63, 3.8) is 0 Å². The number of benzene rings is 3. The van der Waals surface area contributed by atoms with Gasteiger partial charge in [0.2, 0.25) is 0 Å². The lowest BCUT2D eigenvalue weighted by atomic mass is 10.1. The van der Waals surface area contributed by atoms with Gasteiger partial charge in [-0.1, -0.05) is 64.6 Å². The topological polar surface area (TPSA) is 35.5 Å². The predicted molar refractivity (Wildman–Crippen MR) is 124 cm³/mol. The van der Waals surface area contributed by atoms with Crippen molar-refractivity contribution >= 4 is 58.3 Å². The first-order chi connectivity index (χ1) is 14.4. The Morgan fingerprint density at radius 3 is 2.47 bits per heavy atom. The third-order valence-corrected chi connectivity index (χ3v) is 5.58. The van der Waals surface area contributed by atoms with Crippen molar-refractivity contribution < 1.29 is 14.3 Å². The van der Waals surface area contributed by atoms with Gasteiger partial charge in [-0.3, -0.25) is 4.79 Å². The van der Waals surface area contributed by atoms with E-state index in [1.807, 2.05) is 12.1 Å². The van der Waals surface area contributed by atoms with Gasteiger partial charge in [0.25, 0.3) is 0 Å². The molecule has 0 saturated carbocycles. The molecule has 30 heavy (non-hydrogen) atoms. The van der Waals surface area contributed by atoms with E-state index in [2.05, 4.69) is 0 Å². The summed E-state index contributed by atoms with van der Waals surface area (Å²) in [6.07, 6.45) is 3.15. The Balaban J connectivity index is 1.79. The van der Waals surface area contributed by atoms with Gasteiger partial charge < -0.3 is 9.47 Å². The molecule has 0 N–H and O–H groups in total. The summed E-state index contributed by atoms with van der Waals surface area (Å²) in [6.45, 7) is 0.210. The Kier molecular flexibility index (Phi) is 7.68. The fraction of sp³-hybridized carbons (Fsp3) is 0.0870. The molecule has 7 heteroatoms. The highest BCUT2D eigenvalue weighted by Gasteiger charge is 2.10. The minimum atomic E-state index is -0.226. The number of allylic oxidation sites excluding steroid dienone is 1. The van der Waals surface area contributed by atoms with Crippen LogP contribution in [0.25, 0.3) is 6.08 Å². The summed E-state index contributed by atoms with van der Waals surface area (Å²) >= 11 is 24.2. The molecule has 0 bridgehead atoms. The Bertz CT molecular complexity index is 1110. The van der Waals surface area contributed by atoms with Gasteiger partial charge in [0, 0.05) is 16.1 Å². The molecule has 3 nitrogen and oxygen atoms in total. The SMILES string of the molecule is COc1ccc(/C=C/C(=O)c2ccc(Cl)cc2Cl)cc1COc1cccc(Cl)c1Cl. The summed E-state index contributed by atoms with van der Waals surface area (Å²) in [5.74, 6) is 0.896. The monoisotopic (exact) mass is 480 g/mol. The molecule has 0 atom stereocenters. The molecule has 0 aliphatic rings. The summed E-state index contributed by atoms with van der Waals surface area (Å²) < 4.78 is 11.2. The molecule has 0 saturated heterocycles. The highest BCUT2D eigenvalue weighted by atomic mass is 35.5. The van der Waals surface area contributed by atoms with E-state index in [1.54, 1.807) is 49.6 Å². The number of hydrogen-bond acceptors (Lipinski definition) is 3. The molecule has 0 aliphatic heterocycles. The highest BCUT2D eigenvalue weighted by Crippen LogP contribution is 2.33. The fourth-order valence-corrected chi connectivity index (χ4v) is 3.56. The third kappa shape index (κ3) is 5.50. The standard InChI is InChI=1S/C23H16Cl4O3/c1-29-21-10-6-14(5-9-20(28)17-8-7-16(24)12-19(17)26)11-15(21)13-30-22-4-2-3-18(25)23(22)27/h2-12H,13H2,1H3/b9-5+. The second-order valence-corrected chi connectivity index (χ2v) is 7.86. The maximum Gasteiger partial charge on any atom is 0.187 e. The average molecular weight is 482 g/mol. The van der Waals surface area contributed by atoms with E-state index >= 15 is 0 Å². The van der Waals surface area contributed by atoms with Gasteiger partial charge in [0.05, 0.1) is 17.2 Å². The predicted octanol–water partition coefficient (Wildman–Crippen LogP) is 7.78. The van der Waals surface area contributed by atoms with Crippen LogP contribution in [0.1, 0.15) is 21.5 Å². The van der Waals surface area contributed by atoms with Crippen molar-refractivity contribution in [1.82, 2.24) is 0 Å². The van der Waals surface area contributed by atoms with Crippen molar-refractivity contribution in [3.8, 4) is 11.5 Å². The number of methoxy groups -OCH3 is 1. The number of ether oxygens (including phenoxy) is 2. The van der Waals surface area contributed by atoms with Crippen LogP contribution in [0.4, 0.5) is 0 Å². The zero-order valence-electron chi connectivity index (χ0n) is 15.8. The molecule has 3 rings (SSSR count). The van der Waals surface area contributed by atoms with Gasteiger partial charge in [-0.15, -0.1) is 0 Å². The summed E-state index contributed by atoms with van der Waals surface area (Å²) in [6, 6.07) is 15.4. The molecule has 3 aromatic carbocycles. The Morgan fingerprint density at radius 1 is 0.933 bits per heavy atom. The van der Waals surface area contributed by atoms with E-state index in [4.69, 9.17) is 55.9 Å². The summed E-state index contributed by atoms with van der Waals surface area (Å²) in [5, 5.41) is 1.54. The highest BCUT2D eigenvalue weighted by molar-refractivity contribution is 6.43. The number of hydrogen-bond donors (Lipinski definition) is 0. The van der Waals surface area contributed by atoms with E-state index in [-0.39, 0.29) is 12.4 Å². The molecule has 0 amide bonds. The number of carbonyl (C=O) groups is 1. The lowest BCUT2D eigenvalue weighted by Crippen LogP contribution is -2.00. The van der Waals surface area contributed by atoms with Crippen LogP contribution in [0.3, 0.4) is 0 Å². The van der Waals surface area contributed by atoms with Crippen LogP contribution in [0.2, 0.25) is 20.1 Å². The first kappa shape index (κ1) is 22.5. The Labute approximate surface area is 194 Å². The maximum absolute atomic E-state index is 12.4. The van der Waals surface area contributed by atoms with Crippen LogP contribution in [0, 0.1) is 0 Å². The quantitative estimate of drug-likeness (QED) is 0.255. The van der Waals surface area contributed by atoms with E-state index in [1.165, 1.54) is 12.1 Å². The third-order valence-electron chi connectivity index (χ3n) is 4.23. The first-order valence-electron chi connectivity index (χ1n) is 8.80. The number of ketones is 1. The molecule has 0 heterocycles. The largest absolute Gasteiger partial charge is 0.496 e. The first-order valence-corrected chi connectivity index (χ1v) is 10.3. The van der Waals surface area contributed by atoms with Crippen LogP contribution < -0.4 is 9.47 Å². The van der Waals surface area contributed by atoms with E-state index < -0.39 is 0 Å². The lowest BCUT2D eigenvalue weighted by molar-refractivity contribution is 0.104. The molecule has 3 aromatic rings. The second-order valence-electron chi connectivity index (χ2n) is 6.23. The molecule has 154 valence electrons. The second kappa shape index (κ2) is 10.2. The summed E-state index contributed by atoms with van der Waals surface area (Å²) in [4.78, 5) is 12.4. The lowest BCUT2D eigenvalue weighted by Gasteiger charge is -2.12. The van der Waals surface area contributed by atoms with Crippen molar-refractivity contribution in [2.45, 2.75) is 6.61 Å². The van der Waals surface area contributed by atoms with Crippen LogP contribution in [-0.2, 0) is 6.61 Å². The van der Waals surface area contributed by atoms with Gasteiger partial charge >= 0.3 is 0 Å². The Hall–Kier alpha value is -2.17. The summed E-state index contributed by atoms with van der Waals surface area (Å²) in [7, 11) is 1.58. The van der Waals surface area contributed by atoms with Crippen molar-refractivity contribution in [2.75, 3.05) is 7.11 Å². The van der Waals surface area contributed by atoms with Gasteiger partial charge in [-0.25, -0.2) is 0 Å². The van der Waals surface area contributed by atoms with Crippen LogP contribution in [0.5, 0.6) is 11.5 Å². The Morgan fingerprint density at radius 2 is 1.73 bits per heavy atom. The molecular weight excluding hydrogens is 466 g/mol. The molecule has 0 spiro atoms. The van der Waals surface area contributed by atoms with E-state index in [0.717, 1.165) is 11.1 Å². The van der Waals surface area contributed by atoms with E-state index in [9.17, 15) is 4.79 Å². The fourth-order valence-electron chi connectivity index (χ4n) is 2.72. The molecular formula is C23H16Cl4O3. The van der Waals surface area contributed by atoms with Gasteiger partial charge in [0.1, 0.15) is 23.1 Å². The average Bonchev–Trinajstić information content (AvgIpc) is 2.73. The zero-order valence-corrected chi connectivity index (χ0v) is 18.8. The molecule has 0 aromatic heterocycles. The smallest absolute Gasteiger partial charge is 0.187 e. The zero-order chi connectivity index (χ0) is 21.7. The minimum Gasteiger partial charge on any atom is -0.496 e. The van der Waals surface area contributed by atoms with Gasteiger partial charge in [-0.05, 0) is 54.1 Å². The van der Waals surface area contributed by atoms with Crippen LogP contribution in [-0.4, -0.2) is 12.9 Å². The van der Waals surface area contributed by atoms with Gasteiger partial charge in [-0.2, -0.15) is 0 Å². The van der Waals surface area contributed by atoms with E-state index in [0.29, 0.717) is 37.2 Å². The number of rotatable bonds is 7. The van der Waals surface area contributed by atoms with Crippen molar-refractivity contribution in [2.24, 2.45) is 0 Å². The van der Waals surface area contributed by atoms with Crippen LogP contribution >= 0.6 is 46.4 Å². The van der Waals surface area contributed by atoms with Gasteiger partial charge in [0.15, 0.2) is 5.78 Å². The minimum absolute atomic E-state index is 0.210.